The predicted molar refractivity (Wildman–Crippen MR) is 381 cm³/mol. The monoisotopic (exact) mass is 1600 g/mol. The molecule has 8 aliphatic rings. The third-order valence-corrected chi connectivity index (χ3v) is 18.5. The van der Waals surface area contributed by atoms with E-state index in [9.17, 15) is 47.2 Å². The third kappa shape index (κ3) is 27.6. The van der Waals surface area contributed by atoms with Gasteiger partial charge in [0, 0.05) is 83.4 Å². The van der Waals surface area contributed by atoms with E-state index >= 15 is 0 Å². The lowest BCUT2D eigenvalue weighted by Crippen LogP contribution is -2.48. The molecule has 12 N–H and O–H groups in total. The van der Waals surface area contributed by atoms with E-state index in [4.69, 9.17) is 95.3 Å². The summed E-state index contributed by atoms with van der Waals surface area (Å²) in [6.07, 6.45) is -2.00. The summed E-state index contributed by atoms with van der Waals surface area (Å²) < 4.78 is 124. The Labute approximate surface area is 618 Å². The number of amides is 4. The van der Waals surface area contributed by atoms with Crippen LogP contribution in [0.2, 0.25) is 0 Å². The Morgan fingerprint density at radius 2 is 0.743 bits per heavy atom. The second-order valence-corrected chi connectivity index (χ2v) is 30.9. The maximum Gasteiger partial charge on any atom is 0.469 e. The highest BCUT2D eigenvalue weighted by Crippen LogP contribution is 2.46. The molecular weight excluding hydrogens is 1490 g/mol. The molecule has 38 nitrogen and oxygen atoms in total. The van der Waals surface area contributed by atoms with Gasteiger partial charge in [-0.05, 0) is 88.2 Å². The average Bonchev–Trinajstić information content (AvgIpc) is 1.66. The zero-order valence-corrected chi connectivity index (χ0v) is 64.9. The molecule has 0 aromatic rings. The van der Waals surface area contributed by atoms with Crippen molar-refractivity contribution in [2.75, 3.05) is 34.6 Å². The molecule has 5 unspecified atom stereocenters. The van der Waals surface area contributed by atoms with Gasteiger partial charge < -0.3 is 137 Å². The molecule has 0 spiro atoms. The first kappa shape index (κ1) is 94.3. The molecule has 0 aromatic carbocycles. The Morgan fingerprint density at radius 3 is 1.02 bits per heavy atom. The maximum atomic E-state index is 11.4. The fraction of sp³-hybridized carbons (Fsp3) is 0.645. The zero-order valence-electron chi connectivity index (χ0n) is 60.3. The third-order valence-electron chi connectivity index (χ3n) is 15.7. The minimum atomic E-state index is -4.71. The highest BCUT2D eigenvalue weighted by atomic mass is 32.1. The van der Waals surface area contributed by atoms with Crippen LogP contribution in [0.15, 0.2) is 110 Å². The Hall–Kier alpha value is -4.87. The van der Waals surface area contributed by atoms with E-state index in [1.807, 2.05) is 55.4 Å². The smallest absolute Gasteiger partial charge is 0.374 e. The van der Waals surface area contributed by atoms with E-state index in [0.717, 1.165) is 5.82 Å². The molecular formula is C62H106N8O30P4S. The summed E-state index contributed by atoms with van der Waals surface area (Å²) in [4.78, 5) is 125. The summed E-state index contributed by atoms with van der Waals surface area (Å²) in [5, 5.41) is 10.3. The first-order chi connectivity index (χ1) is 47.7. The van der Waals surface area contributed by atoms with Crippen molar-refractivity contribution < 1.29 is 142 Å². The van der Waals surface area contributed by atoms with E-state index in [2.05, 4.69) is 47.6 Å². The van der Waals surface area contributed by atoms with E-state index in [1.54, 1.807) is 26.5 Å². The summed E-state index contributed by atoms with van der Waals surface area (Å²) in [5.41, 5.74) is 0.337. The molecule has 105 heavy (non-hydrogen) atoms. The number of hydrogen-bond acceptors (Lipinski definition) is 26. The second kappa shape index (κ2) is 40.7. The van der Waals surface area contributed by atoms with Crippen LogP contribution in [0.25, 0.3) is 0 Å². The molecule has 4 saturated heterocycles. The van der Waals surface area contributed by atoms with Crippen LogP contribution in [0.1, 0.15) is 90.0 Å². The molecule has 8 rings (SSSR count). The first-order valence-corrected chi connectivity index (χ1v) is 38.7. The summed E-state index contributed by atoms with van der Waals surface area (Å²) in [6, 6.07) is 0. The molecule has 0 radical (unpaired) electrons. The average molecular weight is 1600 g/mol. The van der Waals surface area contributed by atoms with Crippen molar-refractivity contribution in [3.8, 4) is 0 Å². The van der Waals surface area contributed by atoms with E-state index in [1.165, 1.54) is 91.4 Å². The topological polar surface area (TPSA) is 489 Å². The number of phosphoric acid groups is 2. The number of methoxy groups -OCH3 is 4. The van der Waals surface area contributed by atoms with Crippen molar-refractivity contribution in [1.29, 1.82) is 0 Å². The van der Waals surface area contributed by atoms with Gasteiger partial charge in [0.15, 0.2) is 24.9 Å². The Kier molecular flexibility index (Phi) is 36.6. The second-order valence-electron chi connectivity index (χ2n) is 25.3. The molecule has 4 fully saturated rings. The fourth-order valence-corrected chi connectivity index (χ4v) is 14.3. The Morgan fingerprint density at radius 1 is 0.467 bits per heavy atom. The summed E-state index contributed by atoms with van der Waals surface area (Å²) in [7, 11) is -12.0. The van der Waals surface area contributed by atoms with Gasteiger partial charge in [-0.25, -0.2) is 9.13 Å². The van der Waals surface area contributed by atoms with Crippen molar-refractivity contribution in [3.63, 3.8) is 0 Å². The number of nitrogens with zero attached hydrogens (tertiary/aromatic N) is 4. The van der Waals surface area contributed by atoms with Gasteiger partial charge >= 0.3 is 30.8 Å². The highest BCUT2D eigenvalue weighted by Gasteiger charge is 2.55. The van der Waals surface area contributed by atoms with Gasteiger partial charge in [0.25, 0.3) is 23.6 Å². The van der Waals surface area contributed by atoms with Gasteiger partial charge in [-0.1, -0.05) is 33.7 Å². The molecule has 0 aliphatic carbocycles. The number of carbonyl (C=O) groups excluding carboxylic acids is 4. The lowest BCUT2D eigenvalue weighted by Gasteiger charge is -2.34. The van der Waals surface area contributed by atoms with Crippen LogP contribution in [0, 0.1) is 0 Å². The minimum Gasteiger partial charge on any atom is -0.374 e. The zero-order chi connectivity index (χ0) is 77.7. The minimum absolute atomic E-state index is 0. The van der Waals surface area contributed by atoms with E-state index in [-0.39, 0.29) is 93.2 Å². The van der Waals surface area contributed by atoms with Gasteiger partial charge in [-0.3, -0.25) is 37.4 Å². The summed E-state index contributed by atoms with van der Waals surface area (Å²) >= 11 is 0. The standard InChI is InChI=1S/C16H25N2O7P.2C15H25N2O8P.C15H25N2O7P.CH4.H2S/c1-9(2)24-14-13(10(3)8-26(20,21)22)25-16(15(14)23-5)18-7-6-12(19)17-11(18)4;2*1-8(2)23-13-12(9(3)25-26(19,20)21)24-15(14(13)22-5)17-7-6-11(18)16-10(17)4;1-9(2)23-13-11(6-8-25(19,20)21)24-15(14(13)22-4)17-7-5-12(18)16-10(17)3;;/h6-9,13-16H,4H2,1-3,5H3,(H,17,19)(H2,20,21,22);2*6-9,12-15H,4H2,1-3,5H3,(H,16,18)(H2,19,20,21);5,7,9,11,13-15H,3,6,8H2,1-2,4H3,(H,16,18)(H2,19,20,21);1H4;1H2/b10-8+;;;;;/t13-,14+,15?,16-;9?,12-,13+,14?,15-;9-,12+,13-,14?,15+;11-,13+,14?,15-;;/m1101../s1. The molecule has 0 bridgehead atoms. The van der Waals surface area contributed by atoms with Crippen molar-refractivity contribution in [1.82, 2.24) is 40.9 Å². The van der Waals surface area contributed by atoms with Crippen molar-refractivity contribution in [2.45, 2.75) is 225 Å². The quantitative estimate of drug-likeness (QED) is 0.0526. The van der Waals surface area contributed by atoms with Crippen LogP contribution in [-0.2, 0) is 103 Å². The Bertz CT molecular complexity index is 3250. The number of carbonyl (C=O) groups is 4. The molecule has 0 aromatic heterocycles. The first-order valence-electron chi connectivity index (χ1n) is 32.2. The predicted octanol–water partition coefficient (Wildman–Crippen LogP) is 3.14. The molecule has 0 saturated carbocycles. The van der Waals surface area contributed by atoms with Gasteiger partial charge in [0.2, 0.25) is 0 Å². The van der Waals surface area contributed by atoms with Gasteiger partial charge in [-0.15, -0.1) is 0 Å². The summed E-state index contributed by atoms with van der Waals surface area (Å²) in [6.45, 7) is 34.4. The highest BCUT2D eigenvalue weighted by molar-refractivity contribution is 7.59. The normalized spacial score (nSPS) is 30.0. The Balaban J connectivity index is 0.000000361. The van der Waals surface area contributed by atoms with Gasteiger partial charge in [0.1, 0.15) is 90.4 Å². The van der Waals surface area contributed by atoms with Crippen molar-refractivity contribution in [3.05, 3.63) is 110 Å². The van der Waals surface area contributed by atoms with Crippen LogP contribution < -0.4 is 21.3 Å². The van der Waals surface area contributed by atoms with E-state index < -0.39 is 141 Å². The lowest BCUT2D eigenvalue weighted by molar-refractivity contribution is -0.120. The summed E-state index contributed by atoms with van der Waals surface area (Å²) in [5.74, 6) is 0.860. The largest absolute Gasteiger partial charge is 0.469 e. The molecule has 8 heterocycles. The molecule has 4 amide bonds. The number of hydrogen-bond donors (Lipinski definition) is 12. The van der Waals surface area contributed by atoms with Crippen LogP contribution in [0.3, 0.4) is 0 Å². The number of rotatable bonds is 27. The maximum absolute atomic E-state index is 11.4. The van der Waals surface area contributed by atoms with Crippen LogP contribution >= 0.6 is 44.3 Å². The number of phosphoric ester groups is 2. The van der Waals surface area contributed by atoms with Gasteiger partial charge in [-0.2, -0.15) is 13.5 Å². The number of ether oxygens (including phenoxy) is 12. The SMILES string of the molecule is C.C=C1NC(=O)C=CN1[C@@H]1O[C@H](/C(C)=C/P(=O)(O)O)[C@H](OC(C)C)C1OC.C=C1NC(=O)C=CN1[C@@H]1O[C@H](C(C)OP(=O)(O)O)[C@H](OC(C)C)C1OC.C=C1NC(=O)C=CN1[C@@H]1O[C@H](CCP(=O)(O)O)[C@H](OC(C)C)C1OC.C=C1NC(=O)C=CN1[C@@H]1O[C@H]([C@H](C)OP(=O)(O)O)[C@H](OC(C)C)C1OC.S. The van der Waals surface area contributed by atoms with Crippen LogP contribution in [-0.4, -0.2) is 252 Å². The fourth-order valence-electron chi connectivity index (χ4n) is 11.9. The molecule has 8 aliphatic heterocycles. The number of nitrogens with one attached hydrogen (secondary N) is 4. The van der Waals surface area contributed by atoms with Crippen LogP contribution in [0.5, 0.6) is 0 Å². The van der Waals surface area contributed by atoms with Crippen molar-refractivity contribution >= 4 is 68.0 Å². The molecule has 18 atom stereocenters. The van der Waals surface area contributed by atoms with Gasteiger partial charge in [0.05, 0.1) is 48.9 Å². The lowest BCUT2D eigenvalue weighted by atomic mass is 10.0. The van der Waals surface area contributed by atoms with Crippen LogP contribution in [0.4, 0.5) is 0 Å². The van der Waals surface area contributed by atoms with Crippen molar-refractivity contribution in [2.24, 2.45) is 0 Å². The van der Waals surface area contributed by atoms with E-state index in [0.29, 0.717) is 17.2 Å². The molecule has 43 heteroatoms. The molecule has 600 valence electrons.